The molecule has 1 atom stereocenters. The Bertz CT molecular complexity index is 1110. The van der Waals surface area contributed by atoms with Crippen LogP contribution in [0.2, 0.25) is 5.02 Å². The van der Waals surface area contributed by atoms with Crippen LogP contribution in [0.15, 0.2) is 114 Å². The molecule has 0 aromatic heterocycles. The molecule has 3 heteroatoms. The van der Waals surface area contributed by atoms with E-state index in [0.717, 1.165) is 28.3 Å². The van der Waals surface area contributed by atoms with Crippen molar-refractivity contribution in [1.82, 2.24) is 0 Å². The van der Waals surface area contributed by atoms with Crippen LogP contribution in [0.1, 0.15) is 28.3 Å². The van der Waals surface area contributed by atoms with Crippen LogP contribution in [0.5, 0.6) is 5.75 Å². The fourth-order valence-corrected chi connectivity index (χ4v) is 3.50. The normalized spacial score (nSPS) is 12.0. The SMILES string of the molecule is Clc1ccc(CC(/N=C\c2cccc(OCc3ccccc3)c2)c2ccccc2)cc1. The third-order valence-corrected chi connectivity index (χ3v) is 5.29. The lowest BCUT2D eigenvalue weighted by Crippen LogP contribution is -2.01. The molecule has 0 N–H and O–H groups in total. The lowest BCUT2D eigenvalue weighted by Gasteiger charge is -2.13. The topological polar surface area (TPSA) is 21.6 Å². The third-order valence-electron chi connectivity index (χ3n) is 5.04. The maximum absolute atomic E-state index is 6.04. The summed E-state index contributed by atoms with van der Waals surface area (Å²) < 4.78 is 5.96. The molecule has 4 aromatic rings. The van der Waals surface area contributed by atoms with E-state index in [2.05, 4.69) is 48.5 Å². The number of nitrogens with zero attached hydrogens (tertiary/aromatic N) is 1. The highest BCUT2D eigenvalue weighted by Gasteiger charge is 2.10. The highest BCUT2D eigenvalue weighted by atomic mass is 35.5. The predicted octanol–water partition coefficient (Wildman–Crippen LogP) is 7.32. The molecule has 0 aliphatic carbocycles. The fraction of sp³-hybridized carbons (Fsp3) is 0.107. The fourth-order valence-electron chi connectivity index (χ4n) is 3.38. The molecule has 1 unspecified atom stereocenters. The average Bonchev–Trinajstić information content (AvgIpc) is 2.83. The smallest absolute Gasteiger partial charge is 0.120 e. The Morgan fingerprint density at radius 1 is 0.742 bits per heavy atom. The molecular formula is C28H24ClNO. The molecule has 0 aliphatic heterocycles. The Morgan fingerprint density at radius 2 is 1.45 bits per heavy atom. The van der Waals surface area contributed by atoms with Crippen LogP contribution in [0.3, 0.4) is 0 Å². The highest BCUT2D eigenvalue weighted by Crippen LogP contribution is 2.24. The van der Waals surface area contributed by atoms with Gasteiger partial charge in [0.05, 0.1) is 6.04 Å². The summed E-state index contributed by atoms with van der Waals surface area (Å²) in [5.74, 6) is 0.835. The predicted molar refractivity (Wildman–Crippen MR) is 129 cm³/mol. The second-order valence-corrected chi connectivity index (χ2v) is 7.82. The van der Waals surface area contributed by atoms with E-state index in [0.29, 0.717) is 6.61 Å². The van der Waals surface area contributed by atoms with Gasteiger partial charge in [0.2, 0.25) is 0 Å². The summed E-state index contributed by atoms with van der Waals surface area (Å²) in [6, 6.07) is 36.6. The first kappa shape index (κ1) is 20.9. The van der Waals surface area contributed by atoms with E-state index < -0.39 is 0 Å². The van der Waals surface area contributed by atoms with E-state index >= 15 is 0 Å². The first-order valence-corrected chi connectivity index (χ1v) is 10.7. The summed E-state index contributed by atoms with van der Waals surface area (Å²) in [7, 11) is 0. The van der Waals surface area contributed by atoms with Gasteiger partial charge in [-0.05, 0) is 52.9 Å². The quantitative estimate of drug-likeness (QED) is 0.271. The zero-order chi connectivity index (χ0) is 21.3. The number of ether oxygens (including phenoxy) is 1. The largest absolute Gasteiger partial charge is 0.489 e. The van der Waals surface area contributed by atoms with Gasteiger partial charge in [0.25, 0.3) is 0 Å². The highest BCUT2D eigenvalue weighted by molar-refractivity contribution is 6.30. The van der Waals surface area contributed by atoms with Crippen LogP contribution in [-0.2, 0) is 13.0 Å². The van der Waals surface area contributed by atoms with Crippen molar-refractivity contribution in [2.75, 3.05) is 0 Å². The molecule has 154 valence electrons. The van der Waals surface area contributed by atoms with Gasteiger partial charge in [-0.25, -0.2) is 0 Å². The Balaban J connectivity index is 1.49. The zero-order valence-electron chi connectivity index (χ0n) is 17.2. The van der Waals surface area contributed by atoms with Crippen molar-refractivity contribution < 1.29 is 4.74 Å². The van der Waals surface area contributed by atoms with Crippen molar-refractivity contribution in [3.8, 4) is 5.75 Å². The monoisotopic (exact) mass is 425 g/mol. The molecule has 0 spiro atoms. The van der Waals surface area contributed by atoms with Crippen molar-refractivity contribution >= 4 is 17.8 Å². The van der Waals surface area contributed by atoms with Gasteiger partial charge in [0.1, 0.15) is 12.4 Å². The Morgan fingerprint density at radius 3 is 2.19 bits per heavy atom. The second kappa shape index (κ2) is 10.6. The van der Waals surface area contributed by atoms with Gasteiger partial charge in [-0.1, -0.05) is 96.5 Å². The van der Waals surface area contributed by atoms with E-state index in [9.17, 15) is 0 Å². The standard InChI is InChI=1S/C28H24ClNO/c29-26-16-14-22(15-17-26)19-28(25-11-5-2-6-12-25)30-20-24-10-7-13-27(18-24)31-21-23-8-3-1-4-9-23/h1-18,20,28H,19,21H2/b30-20-. The average molecular weight is 426 g/mol. The molecule has 0 saturated carbocycles. The maximum Gasteiger partial charge on any atom is 0.120 e. The van der Waals surface area contributed by atoms with Crippen LogP contribution < -0.4 is 4.74 Å². The van der Waals surface area contributed by atoms with Crippen LogP contribution in [-0.4, -0.2) is 6.21 Å². The molecule has 0 aliphatic rings. The summed E-state index contributed by atoms with van der Waals surface area (Å²) in [5.41, 5.74) is 4.55. The minimum absolute atomic E-state index is 0.0243. The summed E-state index contributed by atoms with van der Waals surface area (Å²) >= 11 is 6.04. The maximum atomic E-state index is 6.04. The number of benzene rings is 4. The Kier molecular flexibility index (Phi) is 7.15. The van der Waals surface area contributed by atoms with Gasteiger partial charge >= 0.3 is 0 Å². The molecule has 0 radical (unpaired) electrons. The van der Waals surface area contributed by atoms with Crippen molar-refractivity contribution in [1.29, 1.82) is 0 Å². The van der Waals surface area contributed by atoms with Crippen molar-refractivity contribution in [2.24, 2.45) is 4.99 Å². The molecule has 31 heavy (non-hydrogen) atoms. The zero-order valence-corrected chi connectivity index (χ0v) is 18.0. The molecule has 0 saturated heterocycles. The first-order valence-electron chi connectivity index (χ1n) is 10.4. The van der Waals surface area contributed by atoms with Gasteiger partial charge < -0.3 is 4.74 Å². The molecule has 0 bridgehead atoms. The molecule has 4 rings (SSSR count). The van der Waals surface area contributed by atoms with Crippen LogP contribution >= 0.6 is 11.6 Å². The van der Waals surface area contributed by atoms with Crippen LogP contribution in [0.4, 0.5) is 0 Å². The van der Waals surface area contributed by atoms with E-state index in [4.69, 9.17) is 21.3 Å². The Labute approximate surface area is 188 Å². The number of hydrogen-bond acceptors (Lipinski definition) is 2. The van der Waals surface area contributed by atoms with Crippen LogP contribution in [0, 0.1) is 0 Å². The number of aliphatic imine (C=N–C) groups is 1. The molecule has 0 fully saturated rings. The molecule has 4 aromatic carbocycles. The van der Waals surface area contributed by atoms with Crippen molar-refractivity contribution in [3.05, 3.63) is 136 Å². The van der Waals surface area contributed by atoms with Gasteiger partial charge in [0.15, 0.2) is 0 Å². The van der Waals surface area contributed by atoms with E-state index in [-0.39, 0.29) is 6.04 Å². The Hall–Kier alpha value is -3.36. The first-order chi connectivity index (χ1) is 15.3. The van der Waals surface area contributed by atoms with Gasteiger partial charge in [-0.3, -0.25) is 4.99 Å². The van der Waals surface area contributed by atoms with E-state index in [1.54, 1.807) is 0 Å². The van der Waals surface area contributed by atoms with E-state index in [1.165, 1.54) is 11.1 Å². The molecule has 2 nitrogen and oxygen atoms in total. The minimum Gasteiger partial charge on any atom is -0.489 e. The van der Waals surface area contributed by atoms with Gasteiger partial charge in [-0.2, -0.15) is 0 Å². The van der Waals surface area contributed by atoms with Crippen molar-refractivity contribution in [3.63, 3.8) is 0 Å². The lowest BCUT2D eigenvalue weighted by atomic mass is 9.99. The van der Waals surface area contributed by atoms with Crippen LogP contribution in [0.25, 0.3) is 0 Å². The van der Waals surface area contributed by atoms with Gasteiger partial charge in [-0.15, -0.1) is 0 Å². The molecule has 0 amide bonds. The summed E-state index contributed by atoms with van der Waals surface area (Å²) in [6.45, 7) is 0.546. The van der Waals surface area contributed by atoms with Crippen molar-refractivity contribution in [2.45, 2.75) is 19.1 Å². The number of rotatable bonds is 8. The molecule has 0 heterocycles. The molecular weight excluding hydrogens is 402 g/mol. The van der Waals surface area contributed by atoms with Gasteiger partial charge in [0, 0.05) is 11.2 Å². The second-order valence-electron chi connectivity index (χ2n) is 7.38. The third kappa shape index (κ3) is 6.31. The lowest BCUT2D eigenvalue weighted by molar-refractivity contribution is 0.306. The summed E-state index contributed by atoms with van der Waals surface area (Å²) in [5, 5.41) is 0.746. The number of hydrogen-bond donors (Lipinski definition) is 0. The minimum atomic E-state index is 0.0243. The summed E-state index contributed by atoms with van der Waals surface area (Å²) in [6.07, 6.45) is 2.74. The van der Waals surface area contributed by atoms with E-state index in [1.807, 2.05) is 66.9 Å². The summed E-state index contributed by atoms with van der Waals surface area (Å²) in [4.78, 5) is 4.93. The number of halogens is 1.